The summed E-state index contributed by atoms with van der Waals surface area (Å²) in [6.45, 7) is -0.996. The summed E-state index contributed by atoms with van der Waals surface area (Å²) in [5, 5.41) is 8.88. The molecular weight excluding hydrogens is 268 g/mol. The van der Waals surface area contributed by atoms with Crippen molar-refractivity contribution in [3.8, 4) is 0 Å². The molecule has 0 saturated carbocycles. The molecule has 9 heteroatoms. The van der Waals surface area contributed by atoms with Gasteiger partial charge in [-0.2, -0.15) is 13.2 Å². The molecule has 0 bridgehead atoms. The van der Waals surface area contributed by atoms with Crippen LogP contribution in [-0.2, 0) is 11.3 Å². The van der Waals surface area contributed by atoms with Crippen LogP contribution >= 0.6 is 0 Å². The fraction of sp³-hybridized carbons (Fsp3) is 0.556. The summed E-state index contributed by atoms with van der Waals surface area (Å²) in [6.07, 6.45) is -10.2. The number of hydrogen-bond acceptors (Lipinski definition) is 2. The van der Waals surface area contributed by atoms with Gasteiger partial charge in [0.05, 0.1) is 6.61 Å². The predicted molar refractivity (Wildman–Crippen MR) is 47.5 cm³/mol. The molecule has 104 valence electrons. The number of halogens is 6. The van der Waals surface area contributed by atoms with Gasteiger partial charge in [0.1, 0.15) is 0 Å². The topological polar surface area (TPSA) is 34.4 Å². The molecule has 0 aliphatic rings. The van der Waals surface area contributed by atoms with E-state index in [0.29, 0.717) is 0 Å². The molecule has 1 aromatic heterocycles. The zero-order chi connectivity index (χ0) is 14.0. The van der Waals surface area contributed by atoms with Crippen molar-refractivity contribution in [1.29, 1.82) is 0 Å². The smallest absolute Gasteiger partial charge is 0.379 e. The van der Waals surface area contributed by atoms with Crippen molar-refractivity contribution in [2.75, 3.05) is 6.61 Å². The van der Waals surface area contributed by atoms with Gasteiger partial charge in [0.2, 0.25) is 0 Å². The van der Waals surface area contributed by atoms with Crippen LogP contribution in [0.3, 0.4) is 0 Å². The second-order valence-electron chi connectivity index (χ2n) is 3.42. The van der Waals surface area contributed by atoms with Gasteiger partial charge in [-0.05, 0) is 6.07 Å². The summed E-state index contributed by atoms with van der Waals surface area (Å²) in [4.78, 5) is 0. The van der Waals surface area contributed by atoms with Gasteiger partial charge in [-0.3, -0.25) is 4.74 Å². The molecule has 0 radical (unpaired) electrons. The quantitative estimate of drug-likeness (QED) is 0.858. The van der Waals surface area contributed by atoms with E-state index in [1.54, 1.807) is 0 Å². The Morgan fingerprint density at radius 2 is 1.83 bits per heavy atom. The lowest BCUT2D eigenvalue weighted by molar-refractivity contribution is -0.325. The molecule has 1 rings (SSSR count). The van der Waals surface area contributed by atoms with E-state index in [9.17, 15) is 26.3 Å². The van der Waals surface area contributed by atoms with E-state index >= 15 is 0 Å². The maximum atomic E-state index is 12.1. The summed E-state index contributed by atoms with van der Waals surface area (Å²) in [5.41, 5.74) is -0.436. The standard InChI is InChI=1S/C9H9F6NO2/c10-8(11,12)7(17)6-1-2-16(5-6)3-4-18-9(13,14)15/h1-2,5,7,17H,3-4H2. The molecule has 1 unspecified atom stereocenters. The van der Waals surface area contributed by atoms with Gasteiger partial charge >= 0.3 is 12.5 Å². The van der Waals surface area contributed by atoms with Crippen molar-refractivity contribution in [2.24, 2.45) is 0 Å². The Morgan fingerprint density at radius 3 is 2.33 bits per heavy atom. The van der Waals surface area contributed by atoms with Gasteiger partial charge in [0, 0.05) is 24.5 Å². The predicted octanol–water partition coefficient (Wildman–Crippen LogP) is 2.62. The first-order valence-corrected chi connectivity index (χ1v) is 4.71. The van der Waals surface area contributed by atoms with Crippen LogP contribution < -0.4 is 0 Å². The number of rotatable bonds is 4. The Kier molecular flexibility index (Phi) is 4.28. The van der Waals surface area contributed by atoms with Crippen molar-refractivity contribution in [3.63, 3.8) is 0 Å². The molecule has 0 saturated heterocycles. The highest BCUT2D eigenvalue weighted by atomic mass is 19.4. The largest absolute Gasteiger partial charge is 0.522 e. The van der Waals surface area contributed by atoms with E-state index in [4.69, 9.17) is 5.11 Å². The minimum atomic E-state index is -4.81. The van der Waals surface area contributed by atoms with Crippen molar-refractivity contribution in [2.45, 2.75) is 25.2 Å². The normalized spacial score (nSPS) is 14.8. The molecule has 1 atom stereocenters. The first kappa shape index (κ1) is 14.8. The van der Waals surface area contributed by atoms with E-state index in [-0.39, 0.29) is 6.54 Å². The Morgan fingerprint density at radius 1 is 1.22 bits per heavy atom. The monoisotopic (exact) mass is 277 g/mol. The number of aliphatic hydroxyl groups excluding tert-OH is 1. The van der Waals surface area contributed by atoms with Crippen LogP contribution in [0.1, 0.15) is 11.7 Å². The summed E-state index contributed by atoms with van der Waals surface area (Å²) in [7, 11) is 0. The van der Waals surface area contributed by atoms with Crippen LogP contribution in [-0.4, -0.2) is 28.8 Å². The number of alkyl halides is 6. The average Bonchev–Trinajstić information content (AvgIpc) is 2.61. The number of nitrogens with zero attached hydrogens (tertiary/aromatic N) is 1. The highest BCUT2D eigenvalue weighted by Crippen LogP contribution is 2.32. The van der Waals surface area contributed by atoms with Crippen LogP contribution in [0.5, 0.6) is 0 Å². The Balaban J connectivity index is 2.54. The highest BCUT2D eigenvalue weighted by molar-refractivity contribution is 5.15. The average molecular weight is 277 g/mol. The third-order valence-electron chi connectivity index (χ3n) is 2.01. The summed E-state index contributed by atoms with van der Waals surface area (Å²) < 4.78 is 75.8. The minimum absolute atomic E-state index is 0.274. The molecule has 0 amide bonds. The van der Waals surface area contributed by atoms with Crippen molar-refractivity contribution in [1.82, 2.24) is 4.57 Å². The Hall–Kier alpha value is -1.22. The molecule has 0 aliphatic carbocycles. The van der Waals surface area contributed by atoms with Gasteiger partial charge in [-0.25, -0.2) is 0 Å². The fourth-order valence-corrected chi connectivity index (χ4v) is 1.22. The number of hydrogen-bond donors (Lipinski definition) is 1. The van der Waals surface area contributed by atoms with Crippen LogP contribution in [0.2, 0.25) is 0 Å². The second kappa shape index (κ2) is 5.19. The van der Waals surface area contributed by atoms with Crippen molar-refractivity contribution >= 4 is 0 Å². The SMILES string of the molecule is OC(c1ccn(CCOC(F)(F)F)c1)C(F)(F)F. The van der Waals surface area contributed by atoms with E-state index in [0.717, 1.165) is 23.0 Å². The van der Waals surface area contributed by atoms with E-state index in [2.05, 4.69) is 4.74 Å². The van der Waals surface area contributed by atoms with Gasteiger partial charge in [0.25, 0.3) is 0 Å². The fourth-order valence-electron chi connectivity index (χ4n) is 1.22. The van der Waals surface area contributed by atoms with Gasteiger partial charge < -0.3 is 9.67 Å². The van der Waals surface area contributed by atoms with Crippen LogP contribution in [0.15, 0.2) is 18.5 Å². The Bertz CT molecular complexity index is 383. The molecular formula is C9H9F6NO2. The second-order valence-corrected chi connectivity index (χ2v) is 3.42. The van der Waals surface area contributed by atoms with Crippen molar-refractivity contribution < 1.29 is 36.2 Å². The number of ether oxygens (including phenoxy) is 1. The lowest BCUT2D eigenvalue weighted by Crippen LogP contribution is -2.20. The summed E-state index contributed by atoms with van der Waals surface area (Å²) in [6, 6.07) is 0.978. The molecule has 18 heavy (non-hydrogen) atoms. The molecule has 0 aliphatic heterocycles. The molecule has 1 heterocycles. The summed E-state index contributed by atoms with van der Waals surface area (Å²) >= 11 is 0. The van der Waals surface area contributed by atoms with Crippen LogP contribution in [0.25, 0.3) is 0 Å². The van der Waals surface area contributed by atoms with E-state index < -0.39 is 30.8 Å². The summed E-state index contributed by atoms with van der Waals surface area (Å²) in [5.74, 6) is 0. The number of aliphatic hydroxyl groups is 1. The highest BCUT2D eigenvalue weighted by Gasteiger charge is 2.39. The molecule has 1 N–H and O–H groups in total. The minimum Gasteiger partial charge on any atom is -0.379 e. The zero-order valence-electron chi connectivity index (χ0n) is 8.79. The molecule has 0 spiro atoms. The lowest BCUT2D eigenvalue weighted by atomic mass is 10.2. The molecule has 0 fully saturated rings. The maximum Gasteiger partial charge on any atom is 0.522 e. The van der Waals surface area contributed by atoms with Gasteiger partial charge in [-0.1, -0.05) is 0 Å². The Labute approximate surface area is 97.6 Å². The molecule has 0 aromatic carbocycles. The van der Waals surface area contributed by atoms with E-state index in [1.807, 2.05) is 0 Å². The van der Waals surface area contributed by atoms with Crippen LogP contribution in [0.4, 0.5) is 26.3 Å². The van der Waals surface area contributed by atoms with Crippen molar-refractivity contribution in [3.05, 3.63) is 24.0 Å². The molecule has 3 nitrogen and oxygen atoms in total. The lowest BCUT2D eigenvalue weighted by Gasteiger charge is -2.12. The third kappa shape index (κ3) is 4.57. The third-order valence-corrected chi connectivity index (χ3v) is 2.01. The van der Waals surface area contributed by atoms with Gasteiger partial charge in [-0.15, -0.1) is 13.2 Å². The molecule has 1 aromatic rings. The number of aromatic nitrogens is 1. The first-order chi connectivity index (χ1) is 8.09. The van der Waals surface area contributed by atoms with Crippen LogP contribution in [0, 0.1) is 0 Å². The zero-order valence-corrected chi connectivity index (χ0v) is 8.79. The first-order valence-electron chi connectivity index (χ1n) is 4.71. The van der Waals surface area contributed by atoms with Gasteiger partial charge in [0.15, 0.2) is 6.10 Å². The van der Waals surface area contributed by atoms with E-state index in [1.165, 1.54) is 0 Å². The maximum absolute atomic E-state index is 12.1.